The lowest BCUT2D eigenvalue weighted by Gasteiger charge is -2.08. The molecule has 0 aliphatic carbocycles. The molecule has 0 fully saturated rings. The smallest absolute Gasteiger partial charge is 0.0645 e. The number of rotatable bonds is 8. The van der Waals surface area contributed by atoms with E-state index >= 15 is 0 Å². The third kappa shape index (κ3) is 3.58. The minimum absolute atomic E-state index is 0.792. The fraction of sp³-hybridized carbons (Fsp3) is 0.500. The van der Waals surface area contributed by atoms with E-state index in [-0.39, 0.29) is 0 Å². The van der Waals surface area contributed by atoms with Crippen LogP contribution < -0.4 is 5.32 Å². The Bertz CT molecular complexity index is 504. The molecule has 0 aliphatic heterocycles. The van der Waals surface area contributed by atoms with Crippen LogP contribution in [0.1, 0.15) is 25.3 Å². The number of hydrogen-bond donors (Lipinski definition) is 1. The van der Waals surface area contributed by atoms with E-state index in [9.17, 15) is 0 Å². The minimum Gasteiger partial charge on any atom is -0.380 e. The molecule has 0 saturated heterocycles. The van der Waals surface area contributed by atoms with Crippen LogP contribution in [0.5, 0.6) is 0 Å². The van der Waals surface area contributed by atoms with Crippen molar-refractivity contribution < 1.29 is 4.74 Å². The molecule has 1 aromatic carbocycles. The van der Waals surface area contributed by atoms with Gasteiger partial charge in [-0.1, -0.05) is 25.5 Å². The summed E-state index contributed by atoms with van der Waals surface area (Å²) >= 11 is 0. The van der Waals surface area contributed by atoms with Crippen LogP contribution in [0.2, 0.25) is 0 Å². The standard InChI is InChI=1S/C16H24N2O/c1-3-4-11-19-12-10-18-9-8-15-14(13-17-2)6-5-7-16(15)18/h5-9,17H,3-4,10-13H2,1-2H3. The van der Waals surface area contributed by atoms with Crippen LogP contribution in [-0.2, 0) is 17.8 Å². The SMILES string of the molecule is CCCCOCCn1ccc2c(CNC)cccc21. The number of unbranched alkanes of at least 4 members (excludes halogenated alkanes) is 1. The van der Waals surface area contributed by atoms with E-state index in [4.69, 9.17) is 4.74 Å². The van der Waals surface area contributed by atoms with Crippen LogP contribution >= 0.6 is 0 Å². The van der Waals surface area contributed by atoms with Crippen molar-refractivity contribution in [1.82, 2.24) is 9.88 Å². The lowest BCUT2D eigenvalue weighted by molar-refractivity contribution is 0.124. The fourth-order valence-corrected chi connectivity index (χ4v) is 2.34. The van der Waals surface area contributed by atoms with Crippen molar-refractivity contribution in [3.63, 3.8) is 0 Å². The van der Waals surface area contributed by atoms with E-state index in [1.165, 1.54) is 22.9 Å². The molecule has 0 amide bonds. The highest BCUT2D eigenvalue weighted by molar-refractivity contribution is 5.83. The van der Waals surface area contributed by atoms with Gasteiger partial charge in [0.25, 0.3) is 0 Å². The highest BCUT2D eigenvalue weighted by Crippen LogP contribution is 2.20. The minimum atomic E-state index is 0.792. The van der Waals surface area contributed by atoms with Gasteiger partial charge in [-0.15, -0.1) is 0 Å². The first-order chi connectivity index (χ1) is 9.36. The van der Waals surface area contributed by atoms with Crippen molar-refractivity contribution in [1.29, 1.82) is 0 Å². The Morgan fingerprint density at radius 2 is 2.11 bits per heavy atom. The van der Waals surface area contributed by atoms with Gasteiger partial charge in [0.15, 0.2) is 0 Å². The molecule has 0 unspecified atom stereocenters. The third-order valence-electron chi connectivity index (χ3n) is 3.39. The van der Waals surface area contributed by atoms with Crippen LogP contribution in [0.3, 0.4) is 0 Å². The Balaban J connectivity index is 2.02. The molecular weight excluding hydrogens is 236 g/mol. The summed E-state index contributed by atoms with van der Waals surface area (Å²) in [5, 5.41) is 4.56. The van der Waals surface area contributed by atoms with E-state index in [1.807, 2.05) is 7.05 Å². The van der Waals surface area contributed by atoms with Gasteiger partial charge in [-0.25, -0.2) is 0 Å². The maximum atomic E-state index is 5.64. The van der Waals surface area contributed by atoms with Crippen molar-refractivity contribution >= 4 is 10.9 Å². The second kappa shape index (κ2) is 7.31. The molecule has 3 nitrogen and oxygen atoms in total. The highest BCUT2D eigenvalue weighted by Gasteiger charge is 2.04. The first-order valence-electron chi connectivity index (χ1n) is 7.16. The van der Waals surface area contributed by atoms with Gasteiger partial charge in [-0.2, -0.15) is 0 Å². The number of nitrogens with zero attached hydrogens (tertiary/aromatic N) is 1. The normalized spacial score (nSPS) is 11.3. The summed E-state index contributed by atoms with van der Waals surface area (Å²) in [5.41, 5.74) is 2.65. The molecule has 1 aromatic heterocycles. The van der Waals surface area contributed by atoms with Crippen molar-refractivity contribution in [2.45, 2.75) is 32.9 Å². The van der Waals surface area contributed by atoms with Crippen molar-refractivity contribution in [2.75, 3.05) is 20.3 Å². The van der Waals surface area contributed by atoms with E-state index in [2.05, 4.69) is 47.3 Å². The number of aromatic nitrogens is 1. The molecule has 0 saturated carbocycles. The molecule has 19 heavy (non-hydrogen) atoms. The van der Waals surface area contributed by atoms with Crippen molar-refractivity contribution in [3.05, 3.63) is 36.0 Å². The first-order valence-corrected chi connectivity index (χ1v) is 7.16. The van der Waals surface area contributed by atoms with E-state index in [0.29, 0.717) is 0 Å². The molecule has 2 aromatic rings. The number of ether oxygens (including phenoxy) is 1. The maximum absolute atomic E-state index is 5.64. The average molecular weight is 260 g/mol. The van der Waals surface area contributed by atoms with Gasteiger partial charge in [0.05, 0.1) is 6.61 Å². The molecule has 1 heterocycles. The van der Waals surface area contributed by atoms with Gasteiger partial charge in [-0.3, -0.25) is 0 Å². The zero-order valence-corrected chi connectivity index (χ0v) is 12.0. The molecule has 0 spiro atoms. The number of benzene rings is 1. The Labute approximate surface area is 115 Å². The predicted molar refractivity (Wildman–Crippen MR) is 80.4 cm³/mol. The third-order valence-corrected chi connectivity index (χ3v) is 3.39. The summed E-state index contributed by atoms with van der Waals surface area (Å²) < 4.78 is 7.92. The molecule has 0 atom stereocenters. The van der Waals surface area contributed by atoms with Crippen LogP contribution in [-0.4, -0.2) is 24.8 Å². The molecule has 1 N–H and O–H groups in total. The summed E-state index contributed by atoms with van der Waals surface area (Å²) in [6, 6.07) is 8.69. The van der Waals surface area contributed by atoms with Gasteiger partial charge >= 0.3 is 0 Å². The summed E-state index contributed by atoms with van der Waals surface area (Å²) in [4.78, 5) is 0. The van der Waals surface area contributed by atoms with E-state index < -0.39 is 0 Å². The zero-order valence-electron chi connectivity index (χ0n) is 12.0. The Morgan fingerprint density at radius 3 is 2.89 bits per heavy atom. The Hall–Kier alpha value is -1.32. The number of fused-ring (bicyclic) bond motifs is 1. The summed E-state index contributed by atoms with van der Waals surface area (Å²) in [5.74, 6) is 0. The second-order valence-electron chi connectivity index (χ2n) is 4.86. The van der Waals surface area contributed by atoms with E-state index in [0.717, 1.165) is 32.7 Å². The highest BCUT2D eigenvalue weighted by atomic mass is 16.5. The molecule has 0 radical (unpaired) electrons. The van der Waals surface area contributed by atoms with Crippen LogP contribution in [0.4, 0.5) is 0 Å². The summed E-state index contributed by atoms with van der Waals surface area (Å²) in [7, 11) is 1.98. The predicted octanol–water partition coefficient (Wildman–Crippen LogP) is 3.18. The molecule has 2 rings (SSSR count). The lowest BCUT2D eigenvalue weighted by atomic mass is 10.1. The number of nitrogens with one attached hydrogen (secondary N) is 1. The molecule has 0 bridgehead atoms. The first kappa shape index (κ1) is 14.1. The summed E-state index contributed by atoms with van der Waals surface area (Å²) in [6.07, 6.45) is 4.51. The van der Waals surface area contributed by atoms with Crippen molar-refractivity contribution in [2.24, 2.45) is 0 Å². The second-order valence-corrected chi connectivity index (χ2v) is 4.86. The van der Waals surface area contributed by atoms with Crippen LogP contribution in [0, 0.1) is 0 Å². The van der Waals surface area contributed by atoms with Crippen LogP contribution in [0.25, 0.3) is 10.9 Å². The largest absolute Gasteiger partial charge is 0.380 e. The maximum Gasteiger partial charge on any atom is 0.0645 e. The average Bonchev–Trinajstić information content (AvgIpc) is 2.83. The van der Waals surface area contributed by atoms with Gasteiger partial charge < -0.3 is 14.6 Å². The fourth-order valence-electron chi connectivity index (χ4n) is 2.34. The van der Waals surface area contributed by atoms with Gasteiger partial charge in [0.2, 0.25) is 0 Å². The Morgan fingerprint density at radius 1 is 1.21 bits per heavy atom. The zero-order chi connectivity index (χ0) is 13.5. The quantitative estimate of drug-likeness (QED) is 0.738. The van der Waals surface area contributed by atoms with Crippen LogP contribution in [0.15, 0.2) is 30.5 Å². The van der Waals surface area contributed by atoms with E-state index in [1.54, 1.807) is 0 Å². The van der Waals surface area contributed by atoms with Gasteiger partial charge in [0.1, 0.15) is 0 Å². The molecule has 0 aliphatic rings. The van der Waals surface area contributed by atoms with Crippen molar-refractivity contribution in [3.8, 4) is 0 Å². The lowest BCUT2D eigenvalue weighted by Crippen LogP contribution is -2.07. The monoisotopic (exact) mass is 260 g/mol. The van der Waals surface area contributed by atoms with Gasteiger partial charge in [0, 0.05) is 36.8 Å². The molecule has 104 valence electrons. The molecular formula is C16H24N2O. The summed E-state index contributed by atoms with van der Waals surface area (Å²) in [6.45, 7) is 5.69. The molecule has 3 heteroatoms. The number of hydrogen-bond acceptors (Lipinski definition) is 2. The topological polar surface area (TPSA) is 26.2 Å². The Kier molecular flexibility index (Phi) is 5.43. The van der Waals surface area contributed by atoms with Gasteiger partial charge in [-0.05, 0) is 31.2 Å².